The SMILES string of the molecule is CCO[SiH](CCCCN=C1CCCCC1)OCC. The lowest BCUT2D eigenvalue weighted by atomic mass is 9.98. The van der Waals surface area contributed by atoms with Gasteiger partial charge in [-0.3, -0.25) is 4.99 Å². The van der Waals surface area contributed by atoms with E-state index in [1.807, 2.05) is 13.8 Å². The molecule has 0 bridgehead atoms. The van der Waals surface area contributed by atoms with Crippen molar-refractivity contribution >= 4 is 15.0 Å². The van der Waals surface area contributed by atoms with Crippen LogP contribution in [0.3, 0.4) is 0 Å². The van der Waals surface area contributed by atoms with E-state index in [9.17, 15) is 0 Å². The summed E-state index contributed by atoms with van der Waals surface area (Å²) in [6, 6.07) is 1.13. The monoisotopic (exact) mass is 271 g/mol. The highest BCUT2D eigenvalue weighted by Gasteiger charge is 2.11. The van der Waals surface area contributed by atoms with Gasteiger partial charge in [0.25, 0.3) is 0 Å². The molecule has 1 saturated carbocycles. The Balaban J connectivity index is 2.05. The number of hydrogen-bond donors (Lipinski definition) is 0. The highest BCUT2D eigenvalue weighted by molar-refractivity contribution is 6.44. The summed E-state index contributed by atoms with van der Waals surface area (Å²) in [6.07, 6.45) is 8.98. The maximum absolute atomic E-state index is 5.66. The standard InChI is InChI=1S/C14H29NO2Si/c1-3-16-18(17-4-2)13-9-8-12-15-14-10-6-5-7-11-14/h18H,3-13H2,1-2H3. The Morgan fingerprint density at radius 2 is 1.67 bits per heavy atom. The van der Waals surface area contributed by atoms with E-state index in [-0.39, 0.29) is 0 Å². The van der Waals surface area contributed by atoms with E-state index in [2.05, 4.69) is 0 Å². The number of rotatable bonds is 9. The van der Waals surface area contributed by atoms with Crippen molar-refractivity contribution in [3.63, 3.8) is 0 Å². The van der Waals surface area contributed by atoms with Crippen molar-refractivity contribution in [2.24, 2.45) is 4.99 Å². The van der Waals surface area contributed by atoms with Crippen LogP contribution in [0, 0.1) is 0 Å². The molecular formula is C14H29NO2Si. The summed E-state index contributed by atoms with van der Waals surface area (Å²) < 4.78 is 11.3. The zero-order valence-corrected chi connectivity index (χ0v) is 13.3. The van der Waals surface area contributed by atoms with Crippen molar-refractivity contribution in [3.05, 3.63) is 0 Å². The maximum atomic E-state index is 5.66. The van der Waals surface area contributed by atoms with Crippen LogP contribution >= 0.6 is 0 Å². The van der Waals surface area contributed by atoms with Crippen molar-refractivity contribution < 1.29 is 8.85 Å². The molecule has 0 aromatic carbocycles. The van der Waals surface area contributed by atoms with Gasteiger partial charge in [0.1, 0.15) is 0 Å². The molecule has 0 aromatic heterocycles. The summed E-state index contributed by atoms with van der Waals surface area (Å²) in [5.41, 5.74) is 1.46. The second kappa shape index (κ2) is 10.7. The fourth-order valence-electron chi connectivity index (χ4n) is 2.36. The van der Waals surface area contributed by atoms with Crippen molar-refractivity contribution in [3.8, 4) is 0 Å². The Hall–Kier alpha value is -0.193. The van der Waals surface area contributed by atoms with E-state index in [4.69, 9.17) is 13.8 Å². The first-order valence-corrected chi connectivity index (χ1v) is 9.38. The average Bonchev–Trinajstić information content (AvgIpc) is 2.40. The minimum absolute atomic E-state index is 0.791. The topological polar surface area (TPSA) is 30.8 Å². The molecule has 0 aliphatic heterocycles. The van der Waals surface area contributed by atoms with Gasteiger partial charge in [-0.15, -0.1) is 0 Å². The van der Waals surface area contributed by atoms with Crippen LogP contribution in [0.2, 0.25) is 6.04 Å². The Kier molecular flexibility index (Phi) is 9.43. The summed E-state index contributed by atoms with van der Waals surface area (Å²) in [6.45, 7) is 6.69. The third kappa shape index (κ3) is 7.29. The summed E-state index contributed by atoms with van der Waals surface area (Å²) in [4.78, 5) is 4.72. The van der Waals surface area contributed by atoms with Crippen LogP contribution < -0.4 is 0 Å². The highest BCUT2D eigenvalue weighted by atomic mass is 28.3. The predicted molar refractivity (Wildman–Crippen MR) is 79.8 cm³/mol. The molecule has 18 heavy (non-hydrogen) atoms. The normalized spacial score (nSPS) is 16.3. The van der Waals surface area contributed by atoms with Crippen LogP contribution in [0.4, 0.5) is 0 Å². The van der Waals surface area contributed by atoms with Gasteiger partial charge in [-0.05, 0) is 58.4 Å². The van der Waals surface area contributed by atoms with Crippen LogP contribution in [-0.2, 0) is 8.85 Å². The van der Waals surface area contributed by atoms with Gasteiger partial charge in [0.05, 0.1) is 0 Å². The van der Waals surface area contributed by atoms with Crippen LogP contribution in [-0.4, -0.2) is 34.8 Å². The second-order valence-corrected chi connectivity index (χ2v) is 6.95. The number of hydrogen-bond acceptors (Lipinski definition) is 3. The summed E-state index contributed by atoms with van der Waals surface area (Å²) >= 11 is 0. The lowest BCUT2D eigenvalue weighted by Crippen LogP contribution is -2.22. The molecule has 3 nitrogen and oxygen atoms in total. The van der Waals surface area contributed by atoms with Crippen molar-refractivity contribution in [1.82, 2.24) is 0 Å². The van der Waals surface area contributed by atoms with Gasteiger partial charge in [0.2, 0.25) is 0 Å². The number of aliphatic imine (C=N–C) groups is 1. The summed E-state index contributed by atoms with van der Waals surface area (Å²) in [5.74, 6) is 0. The van der Waals surface area contributed by atoms with E-state index in [0.29, 0.717) is 0 Å². The van der Waals surface area contributed by atoms with E-state index in [0.717, 1.165) is 25.8 Å². The molecule has 1 fully saturated rings. The molecule has 0 aromatic rings. The van der Waals surface area contributed by atoms with Gasteiger partial charge < -0.3 is 8.85 Å². The third-order valence-corrected chi connectivity index (χ3v) is 5.61. The quantitative estimate of drug-likeness (QED) is 0.475. The maximum Gasteiger partial charge on any atom is 0.321 e. The zero-order chi connectivity index (χ0) is 13.1. The number of nitrogens with zero attached hydrogens (tertiary/aromatic N) is 1. The summed E-state index contributed by atoms with van der Waals surface area (Å²) in [5, 5.41) is 0. The minimum Gasteiger partial charge on any atom is -0.397 e. The van der Waals surface area contributed by atoms with E-state index in [1.54, 1.807) is 0 Å². The Bertz CT molecular complexity index is 220. The lowest BCUT2D eigenvalue weighted by Gasteiger charge is -2.14. The Morgan fingerprint density at radius 3 is 2.28 bits per heavy atom. The molecule has 0 heterocycles. The van der Waals surface area contributed by atoms with Crippen molar-refractivity contribution in [2.45, 2.75) is 64.8 Å². The molecule has 0 N–H and O–H groups in total. The van der Waals surface area contributed by atoms with E-state index in [1.165, 1.54) is 50.7 Å². The molecule has 0 unspecified atom stereocenters. The molecule has 1 rings (SSSR count). The van der Waals surface area contributed by atoms with Gasteiger partial charge >= 0.3 is 9.28 Å². The number of unbranched alkanes of at least 4 members (excludes halogenated alkanes) is 1. The molecule has 4 heteroatoms. The van der Waals surface area contributed by atoms with Crippen LogP contribution in [0.1, 0.15) is 58.8 Å². The Labute approximate surface area is 114 Å². The first kappa shape index (κ1) is 15.9. The molecule has 0 saturated heterocycles. The first-order valence-electron chi connectivity index (χ1n) is 7.62. The van der Waals surface area contributed by atoms with Crippen molar-refractivity contribution in [2.75, 3.05) is 19.8 Å². The molecule has 1 aliphatic carbocycles. The average molecular weight is 271 g/mol. The van der Waals surface area contributed by atoms with Gasteiger partial charge in [-0.1, -0.05) is 6.42 Å². The fraction of sp³-hybridized carbons (Fsp3) is 0.929. The van der Waals surface area contributed by atoms with Gasteiger partial charge in [-0.2, -0.15) is 0 Å². The van der Waals surface area contributed by atoms with E-state index >= 15 is 0 Å². The zero-order valence-electron chi connectivity index (χ0n) is 12.1. The first-order chi connectivity index (χ1) is 8.86. The van der Waals surface area contributed by atoms with E-state index < -0.39 is 9.28 Å². The molecule has 0 atom stereocenters. The highest BCUT2D eigenvalue weighted by Crippen LogP contribution is 2.15. The lowest BCUT2D eigenvalue weighted by molar-refractivity contribution is 0.212. The largest absolute Gasteiger partial charge is 0.397 e. The smallest absolute Gasteiger partial charge is 0.321 e. The predicted octanol–water partition coefficient (Wildman–Crippen LogP) is 3.47. The minimum atomic E-state index is -1.36. The third-order valence-electron chi connectivity index (χ3n) is 3.32. The van der Waals surface area contributed by atoms with Gasteiger partial charge in [0.15, 0.2) is 0 Å². The summed E-state index contributed by atoms with van der Waals surface area (Å²) in [7, 11) is -1.36. The molecule has 0 spiro atoms. The fourth-order valence-corrected chi connectivity index (χ4v) is 4.16. The molecular weight excluding hydrogens is 242 g/mol. The van der Waals surface area contributed by atoms with Gasteiger partial charge in [0, 0.05) is 25.5 Å². The molecule has 106 valence electrons. The van der Waals surface area contributed by atoms with Gasteiger partial charge in [-0.25, -0.2) is 0 Å². The van der Waals surface area contributed by atoms with Crippen LogP contribution in [0.5, 0.6) is 0 Å². The van der Waals surface area contributed by atoms with Crippen LogP contribution in [0.25, 0.3) is 0 Å². The molecule has 0 radical (unpaired) electrons. The molecule has 1 aliphatic rings. The second-order valence-electron chi connectivity index (χ2n) is 4.84. The van der Waals surface area contributed by atoms with Crippen molar-refractivity contribution in [1.29, 1.82) is 0 Å². The Morgan fingerprint density at radius 1 is 1.00 bits per heavy atom. The van der Waals surface area contributed by atoms with Crippen LogP contribution in [0.15, 0.2) is 4.99 Å². The molecule has 0 amide bonds.